The molecule has 26 heteroatoms. The Kier molecular flexibility index (Phi) is 27.8. The SMILES string of the molecule is NCCOCCNC(=O)c1cc(NC(=O)NCCOCCOCCNC(=O)O)cc(C(=O)NCCOCCN)c1.O=C(O)C(F)(F)F.O=C(O)C(F)(F)F. The molecule has 0 aromatic heterocycles. The summed E-state index contributed by atoms with van der Waals surface area (Å²) in [6.45, 7) is 3.82. The van der Waals surface area contributed by atoms with Gasteiger partial charge in [-0.1, -0.05) is 0 Å². The van der Waals surface area contributed by atoms with Crippen molar-refractivity contribution < 1.29 is 89.4 Å². The van der Waals surface area contributed by atoms with Gasteiger partial charge >= 0.3 is 36.4 Å². The monoisotopic (exact) mass is 799 g/mol. The summed E-state index contributed by atoms with van der Waals surface area (Å²) in [7, 11) is 0. The number of benzene rings is 1. The number of halogens is 6. The topological polar surface area (TPSA) is 312 Å². The Bertz CT molecular complexity index is 1220. The van der Waals surface area contributed by atoms with E-state index in [0.29, 0.717) is 26.3 Å². The van der Waals surface area contributed by atoms with Crippen LogP contribution in [0.25, 0.3) is 0 Å². The molecular formula is C28H43F6N7O13. The average molecular weight is 800 g/mol. The maximum Gasteiger partial charge on any atom is 0.490 e. The first-order chi connectivity index (χ1) is 25.3. The number of amides is 5. The maximum atomic E-state index is 12.7. The lowest BCUT2D eigenvalue weighted by atomic mass is 10.1. The third-order valence-corrected chi connectivity index (χ3v) is 5.22. The third-order valence-electron chi connectivity index (χ3n) is 5.22. The smallest absolute Gasteiger partial charge is 0.475 e. The Labute approximate surface area is 303 Å². The van der Waals surface area contributed by atoms with Crippen molar-refractivity contribution in [2.45, 2.75) is 12.4 Å². The van der Waals surface area contributed by atoms with Gasteiger partial charge in [0.05, 0.1) is 52.9 Å². The lowest BCUT2D eigenvalue weighted by Gasteiger charge is -2.13. The van der Waals surface area contributed by atoms with Crippen molar-refractivity contribution in [2.24, 2.45) is 11.5 Å². The van der Waals surface area contributed by atoms with Gasteiger partial charge in [0.15, 0.2) is 0 Å². The summed E-state index contributed by atoms with van der Waals surface area (Å²) in [5.74, 6) is -6.41. The fourth-order valence-electron chi connectivity index (χ4n) is 2.97. The fraction of sp³-hybridized carbons (Fsp3) is 0.571. The Morgan fingerprint density at radius 1 is 0.537 bits per heavy atom. The van der Waals surface area contributed by atoms with Crippen LogP contribution in [0.2, 0.25) is 0 Å². The van der Waals surface area contributed by atoms with Gasteiger partial charge in [-0.05, 0) is 18.2 Å². The van der Waals surface area contributed by atoms with Crippen molar-refractivity contribution in [2.75, 3.05) is 97.4 Å². The average Bonchev–Trinajstić information content (AvgIpc) is 3.08. The molecule has 12 N–H and O–H groups in total. The van der Waals surface area contributed by atoms with E-state index in [9.17, 15) is 45.5 Å². The number of hydrogen-bond donors (Lipinski definition) is 10. The van der Waals surface area contributed by atoms with E-state index >= 15 is 0 Å². The number of nitrogens with two attached hydrogens (primary N) is 2. The Morgan fingerprint density at radius 3 is 1.20 bits per heavy atom. The summed E-state index contributed by atoms with van der Waals surface area (Å²) in [4.78, 5) is 65.8. The highest BCUT2D eigenvalue weighted by molar-refractivity contribution is 6.02. The first-order valence-electron chi connectivity index (χ1n) is 15.3. The number of aliphatic carboxylic acids is 2. The van der Waals surface area contributed by atoms with E-state index in [4.69, 9.17) is 55.3 Å². The summed E-state index contributed by atoms with van der Waals surface area (Å²) in [5, 5.41) is 35.5. The van der Waals surface area contributed by atoms with E-state index in [-0.39, 0.29) is 82.6 Å². The van der Waals surface area contributed by atoms with Gasteiger partial charge in [0.25, 0.3) is 11.8 Å². The Morgan fingerprint density at radius 2 is 0.870 bits per heavy atom. The van der Waals surface area contributed by atoms with Crippen LogP contribution in [0.5, 0.6) is 0 Å². The van der Waals surface area contributed by atoms with Gasteiger partial charge in [0.2, 0.25) is 0 Å². The molecule has 0 aliphatic rings. The molecule has 0 aliphatic heterocycles. The molecule has 1 aromatic rings. The number of carbonyl (C=O) groups is 6. The standard InChI is InChI=1S/C24H41N7O9.2C2HF3O2/c25-1-7-37-9-3-27-21(32)18-15-19(22(33)28-4-10-38-8-2-26)17-20(16-18)31-23(34)29-5-11-39-13-14-40-12-6-30-24(35)36;2*3-2(4,5)1(6)7/h15-17,30H,1-14,25-26H2,(H,27,32)(H,28,33)(H,35,36)(H2,29,31,34);2*(H,6,7). The number of alkyl halides is 6. The van der Waals surface area contributed by atoms with Gasteiger partial charge in [0, 0.05) is 56.1 Å². The lowest BCUT2D eigenvalue weighted by molar-refractivity contribution is -0.193. The van der Waals surface area contributed by atoms with Crippen LogP contribution >= 0.6 is 0 Å². The quantitative estimate of drug-likeness (QED) is 0.0536. The highest BCUT2D eigenvalue weighted by Gasteiger charge is 2.38. The van der Waals surface area contributed by atoms with Gasteiger partial charge < -0.3 is 72.3 Å². The van der Waals surface area contributed by atoms with Crippen LogP contribution in [0.3, 0.4) is 0 Å². The van der Waals surface area contributed by atoms with Crippen molar-refractivity contribution in [3.8, 4) is 0 Å². The van der Waals surface area contributed by atoms with Crippen LogP contribution in [0, 0.1) is 0 Å². The predicted octanol–water partition coefficient (Wildman–Crippen LogP) is -0.214. The number of hydrogen-bond acceptors (Lipinski definition) is 12. The minimum atomic E-state index is -5.08. The predicted molar refractivity (Wildman–Crippen MR) is 173 cm³/mol. The molecule has 0 fully saturated rings. The molecule has 1 aromatic carbocycles. The number of nitrogens with one attached hydrogen (secondary N) is 5. The summed E-state index contributed by atoms with van der Waals surface area (Å²) in [5.41, 5.74) is 11.3. The molecule has 0 spiro atoms. The van der Waals surface area contributed by atoms with E-state index in [1.54, 1.807) is 0 Å². The van der Waals surface area contributed by atoms with E-state index < -0.39 is 48.2 Å². The number of rotatable bonds is 22. The van der Waals surface area contributed by atoms with Crippen LogP contribution in [-0.4, -0.2) is 156 Å². The molecular weight excluding hydrogens is 756 g/mol. The molecule has 54 heavy (non-hydrogen) atoms. The molecule has 0 unspecified atom stereocenters. The van der Waals surface area contributed by atoms with Crippen molar-refractivity contribution in [1.29, 1.82) is 0 Å². The van der Waals surface area contributed by atoms with Crippen LogP contribution in [0.4, 0.5) is 41.6 Å². The van der Waals surface area contributed by atoms with Crippen molar-refractivity contribution >= 4 is 41.6 Å². The number of anilines is 1. The fourth-order valence-corrected chi connectivity index (χ4v) is 2.97. The second-order valence-electron chi connectivity index (χ2n) is 9.56. The number of urea groups is 1. The number of ether oxygens (including phenoxy) is 4. The summed E-state index contributed by atoms with van der Waals surface area (Å²) in [6.07, 6.45) is -11.3. The zero-order valence-electron chi connectivity index (χ0n) is 28.5. The molecule has 0 heterocycles. The molecule has 0 aliphatic carbocycles. The molecule has 20 nitrogen and oxygen atoms in total. The normalized spacial score (nSPS) is 10.7. The van der Waals surface area contributed by atoms with Gasteiger partial charge in [-0.3, -0.25) is 9.59 Å². The van der Waals surface area contributed by atoms with Gasteiger partial charge in [-0.15, -0.1) is 0 Å². The zero-order valence-corrected chi connectivity index (χ0v) is 28.5. The molecule has 0 radical (unpaired) electrons. The minimum Gasteiger partial charge on any atom is -0.475 e. The highest BCUT2D eigenvalue weighted by atomic mass is 19.4. The first kappa shape index (κ1) is 51.1. The van der Waals surface area contributed by atoms with Crippen LogP contribution in [0.15, 0.2) is 18.2 Å². The van der Waals surface area contributed by atoms with Crippen LogP contribution in [0.1, 0.15) is 20.7 Å². The molecule has 0 bridgehead atoms. The molecule has 1 rings (SSSR count). The van der Waals surface area contributed by atoms with Gasteiger partial charge in [-0.2, -0.15) is 26.3 Å². The highest BCUT2D eigenvalue weighted by Crippen LogP contribution is 2.16. The largest absolute Gasteiger partial charge is 0.490 e. The van der Waals surface area contributed by atoms with Crippen LogP contribution < -0.4 is 38.1 Å². The minimum absolute atomic E-state index is 0.169. The van der Waals surface area contributed by atoms with Gasteiger partial charge in [-0.25, -0.2) is 19.2 Å². The summed E-state index contributed by atoms with van der Waals surface area (Å²) in [6, 6.07) is 3.75. The van der Waals surface area contributed by atoms with Crippen molar-refractivity contribution in [1.82, 2.24) is 21.3 Å². The summed E-state index contributed by atoms with van der Waals surface area (Å²) >= 11 is 0. The van der Waals surface area contributed by atoms with E-state index in [2.05, 4.69) is 26.6 Å². The number of carboxylic acid groups (broad SMARTS) is 3. The maximum absolute atomic E-state index is 12.7. The lowest BCUT2D eigenvalue weighted by Crippen LogP contribution is -2.33. The molecule has 310 valence electrons. The third kappa shape index (κ3) is 29.5. The Balaban J connectivity index is 0. The summed E-state index contributed by atoms with van der Waals surface area (Å²) < 4.78 is 84.5. The number of carbonyl (C=O) groups excluding carboxylic acids is 3. The van der Waals surface area contributed by atoms with E-state index in [1.165, 1.54) is 18.2 Å². The van der Waals surface area contributed by atoms with Crippen molar-refractivity contribution in [3.05, 3.63) is 29.3 Å². The zero-order chi connectivity index (χ0) is 41.6. The first-order valence-corrected chi connectivity index (χ1v) is 15.3. The second-order valence-corrected chi connectivity index (χ2v) is 9.56. The van der Waals surface area contributed by atoms with E-state index in [0.717, 1.165) is 0 Å². The van der Waals surface area contributed by atoms with E-state index in [1.807, 2.05) is 0 Å². The molecule has 0 atom stereocenters. The molecule has 0 saturated carbocycles. The molecule has 0 saturated heterocycles. The second kappa shape index (κ2) is 29.4. The van der Waals surface area contributed by atoms with Gasteiger partial charge in [0.1, 0.15) is 0 Å². The number of carboxylic acids is 2. The molecule has 5 amide bonds. The Hall–Kier alpha value is -5.02. The van der Waals surface area contributed by atoms with Crippen molar-refractivity contribution in [3.63, 3.8) is 0 Å². The van der Waals surface area contributed by atoms with Crippen LogP contribution in [-0.2, 0) is 28.5 Å².